The third kappa shape index (κ3) is 4.35. The van der Waals surface area contributed by atoms with Gasteiger partial charge in [-0.2, -0.15) is 5.10 Å². The Morgan fingerprint density at radius 2 is 1.74 bits per heavy atom. The van der Waals surface area contributed by atoms with Gasteiger partial charge >= 0.3 is 6.03 Å². The zero-order chi connectivity index (χ0) is 21.8. The maximum absolute atomic E-state index is 12.1. The molecule has 0 saturated heterocycles. The van der Waals surface area contributed by atoms with Gasteiger partial charge in [-0.05, 0) is 50.2 Å². The van der Waals surface area contributed by atoms with Gasteiger partial charge < -0.3 is 10.6 Å². The molecule has 4 rings (SSSR count). The van der Waals surface area contributed by atoms with E-state index in [1.165, 1.54) is 16.7 Å². The summed E-state index contributed by atoms with van der Waals surface area (Å²) in [5, 5.41) is 7.79. The number of primary amides is 1. The highest BCUT2D eigenvalue weighted by Crippen LogP contribution is 2.40. The number of aromatic amines is 1. The van der Waals surface area contributed by atoms with Gasteiger partial charge in [0.05, 0.1) is 11.4 Å². The van der Waals surface area contributed by atoms with Gasteiger partial charge in [-0.15, -0.1) is 0 Å². The summed E-state index contributed by atoms with van der Waals surface area (Å²) in [5.41, 5.74) is 13.4. The van der Waals surface area contributed by atoms with Crippen LogP contribution in [0, 0.1) is 0 Å². The molecule has 0 aliphatic heterocycles. The molecule has 31 heavy (non-hydrogen) atoms. The zero-order valence-electron chi connectivity index (χ0n) is 18.4. The van der Waals surface area contributed by atoms with Gasteiger partial charge in [0.15, 0.2) is 0 Å². The van der Waals surface area contributed by atoms with E-state index in [1.54, 1.807) is 4.90 Å². The Morgan fingerprint density at radius 3 is 2.45 bits per heavy atom. The normalized spacial score (nSPS) is 12.1. The van der Waals surface area contributed by atoms with Crippen molar-refractivity contribution in [3.8, 4) is 22.5 Å². The Bertz CT molecular complexity index is 1040. The van der Waals surface area contributed by atoms with Crippen LogP contribution in [0.25, 0.3) is 22.5 Å². The molecule has 0 radical (unpaired) electrons. The van der Waals surface area contributed by atoms with E-state index in [9.17, 15) is 4.79 Å². The summed E-state index contributed by atoms with van der Waals surface area (Å²) < 4.78 is 0. The number of aromatic nitrogens is 2. The van der Waals surface area contributed by atoms with E-state index in [2.05, 4.69) is 53.2 Å². The SMILES string of the molecule is CCN(CC)CCCCN(C(N)=O)c1ccc(-c2n[nH]c3c2Cc2ccccc2-3)cc1. The Labute approximate surface area is 184 Å². The van der Waals surface area contributed by atoms with Crippen LogP contribution in [0.2, 0.25) is 0 Å². The molecule has 162 valence electrons. The fraction of sp³-hybridized carbons (Fsp3) is 0.360. The van der Waals surface area contributed by atoms with Crippen LogP contribution < -0.4 is 10.6 Å². The highest BCUT2D eigenvalue weighted by atomic mass is 16.2. The quantitative estimate of drug-likeness (QED) is 0.389. The second-order valence-electron chi connectivity index (χ2n) is 8.03. The average molecular weight is 418 g/mol. The van der Waals surface area contributed by atoms with Crippen molar-refractivity contribution < 1.29 is 4.79 Å². The van der Waals surface area contributed by atoms with Crippen LogP contribution in [0.1, 0.15) is 37.8 Å². The zero-order valence-corrected chi connectivity index (χ0v) is 18.4. The van der Waals surface area contributed by atoms with E-state index in [0.29, 0.717) is 6.54 Å². The van der Waals surface area contributed by atoms with Crippen LogP contribution in [-0.2, 0) is 6.42 Å². The second-order valence-corrected chi connectivity index (χ2v) is 8.03. The lowest BCUT2D eigenvalue weighted by molar-refractivity contribution is 0.253. The van der Waals surface area contributed by atoms with Crippen molar-refractivity contribution in [1.82, 2.24) is 15.1 Å². The molecule has 2 aromatic carbocycles. The summed E-state index contributed by atoms with van der Waals surface area (Å²) in [6.07, 6.45) is 2.86. The van der Waals surface area contributed by atoms with Crippen LogP contribution in [0.15, 0.2) is 48.5 Å². The molecule has 0 fully saturated rings. The van der Waals surface area contributed by atoms with Gasteiger partial charge in [0.1, 0.15) is 0 Å². The van der Waals surface area contributed by atoms with Crippen LogP contribution in [0.4, 0.5) is 10.5 Å². The number of urea groups is 1. The fourth-order valence-electron chi connectivity index (χ4n) is 4.42. The molecular formula is C25H31N5O. The predicted molar refractivity (Wildman–Crippen MR) is 126 cm³/mol. The number of amides is 2. The lowest BCUT2D eigenvalue weighted by Crippen LogP contribution is -2.36. The Kier molecular flexibility index (Phi) is 6.37. The number of nitrogens with two attached hydrogens (primary N) is 1. The molecule has 6 heteroatoms. The van der Waals surface area contributed by atoms with Crippen molar-refractivity contribution in [3.05, 3.63) is 59.7 Å². The van der Waals surface area contributed by atoms with E-state index in [0.717, 1.165) is 61.5 Å². The maximum Gasteiger partial charge on any atom is 0.319 e. The fourth-order valence-corrected chi connectivity index (χ4v) is 4.42. The molecule has 0 atom stereocenters. The van der Waals surface area contributed by atoms with Gasteiger partial charge in [-0.25, -0.2) is 4.79 Å². The first-order valence-electron chi connectivity index (χ1n) is 11.2. The molecule has 0 spiro atoms. The number of hydrogen-bond donors (Lipinski definition) is 2. The number of nitrogens with one attached hydrogen (secondary N) is 1. The van der Waals surface area contributed by atoms with Crippen molar-refractivity contribution in [2.24, 2.45) is 5.73 Å². The molecular weight excluding hydrogens is 386 g/mol. The van der Waals surface area contributed by atoms with Gasteiger partial charge in [0, 0.05) is 35.3 Å². The minimum atomic E-state index is -0.410. The van der Waals surface area contributed by atoms with E-state index in [4.69, 9.17) is 5.73 Å². The molecule has 1 aliphatic carbocycles. The van der Waals surface area contributed by atoms with Crippen molar-refractivity contribution in [2.45, 2.75) is 33.1 Å². The highest BCUT2D eigenvalue weighted by molar-refractivity contribution is 5.91. The first-order chi connectivity index (χ1) is 15.1. The number of carbonyl (C=O) groups is 1. The molecule has 2 amide bonds. The average Bonchev–Trinajstić information content (AvgIpc) is 3.36. The summed E-state index contributed by atoms with van der Waals surface area (Å²) in [4.78, 5) is 16.1. The molecule has 3 N–H and O–H groups in total. The minimum absolute atomic E-state index is 0.410. The first kappa shape index (κ1) is 21.1. The van der Waals surface area contributed by atoms with Crippen molar-refractivity contribution in [1.29, 1.82) is 0 Å². The molecule has 6 nitrogen and oxygen atoms in total. The summed E-state index contributed by atoms with van der Waals surface area (Å²) >= 11 is 0. The van der Waals surface area contributed by atoms with Crippen LogP contribution in [-0.4, -0.2) is 47.3 Å². The van der Waals surface area contributed by atoms with Crippen molar-refractivity contribution in [3.63, 3.8) is 0 Å². The molecule has 1 heterocycles. The second kappa shape index (κ2) is 9.35. The number of fused-ring (bicyclic) bond motifs is 3. The molecule has 0 bridgehead atoms. The van der Waals surface area contributed by atoms with Gasteiger partial charge in [0.2, 0.25) is 0 Å². The highest BCUT2D eigenvalue weighted by Gasteiger charge is 2.24. The molecule has 0 unspecified atom stereocenters. The molecule has 1 aliphatic rings. The third-order valence-electron chi connectivity index (χ3n) is 6.24. The Morgan fingerprint density at radius 1 is 1.03 bits per heavy atom. The number of H-pyrrole nitrogens is 1. The number of hydrogen-bond acceptors (Lipinski definition) is 3. The number of carbonyl (C=O) groups excluding carboxylic acids is 1. The van der Waals surface area contributed by atoms with Crippen molar-refractivity contribution in [2.75, 3.05) is 31.1 Å². The summed E-state index contributed by atoms with van der Waals surface area (Å²) in [5.74, 6) is 0. The molecule has 0 saturated carbocycles. The largest absolute Gasteiger partial charge is 0.351 e. The number of nitrogens with zero attached hydrogens (tertiary/aromatic N) is 3. The van der Waals surface area contributed by atoms with E-state index < -0.39 is 6.03 Å². The summed E-state index contributed by atoms with van der Waals surface area (Å²) in [6, 6.07) is 16.0. The summed E-state index contributed by atoms with van der Waals surface area (Å²) in [6.45, 7) is 8.13. The monoisotopic (exact) mass is 417 g/mol. The lowest BCUT2D eigenvalue weighted by atomic mass is 10.0. The lowest BCUT2D eigenvalue weighted by Gasteiger charge is -2.22. The van der Waals surface area contributed by atoms with Crippen molar-refractivity contribution >= 4 is 11.7 Å². The first-order valence-corrected chi connectivity index (χ1v) is 11.2. The maximum atomic E-state index is 12.1. The topological polar surface area (TPSA) is 78.2 Å². The number of rotatable bonds is 9. The number of unbranched alkanes of at least 4 members (excludes halogenated alkanes) is 1. The Balaban J connectivity index is 1.45. The molecule has 3 aromatic rings. The van der Waals surface area contributed by atoms with Crippen LogP contribution >= 0.6 is 0 Å². The molecule has 1 aromatic heterocycles. The van der Waals surface area contributed by atoms with Gasteiger partial charge in [0.25, 0.3) is 0 Å². The van der Waals surface area contributed by atoms with Crippen LogP contribution in [0.5, 0.6) is 0 Å². The predicted octanol–water partition coefficient (Wildman–Crippen LogP) is 4.66. The third-order valence-corrected chi connectivity index (χ3v) is 6.24. The van der Waals surface area contributed by atoms with Gasteiger partial charge in [-0.3, -0.25) is 10.00 Å². The number of benzene rings is 2. The number of anilines is 1. The minimum Gasteiger partial charge on any atom is -0.351 e. The summed E-state index contributed by atoms with van der Waals surface area (Å²) in [7, 11) is 0. The van der Waals surface area contributed by atoms with E-state index in [1.807, 2.05) is 24.3 Å². The Hall–Kier alpha value is -3.12. The standard InChI is InChI=1S/C25H31N5O/c1-3-29(4-2)15-7-8-16-30(25(26)31)20-13-11-18(12-14-20)23-22-17-19-9-5-6-10-21(19)24(22)28-27-23/h5-6,9-14H,3-4,7-8,15-17H2,1-2H3,(H2,26,31)(H,27,28). The van der Waals surface area contributed by atoms with Gasteiger partial charge in [-0.1, -0.05) is 50.2 Å². The van der Waals surface area contributed by atoms with Crippen LogP contribution in [0.3, 0.4) is 0 Å². The smallest absolute Gasteiger partial charge is 0.319 e. The van der Waals surface area contributed by atoms with E-state index >= 15 is 0 Å². The van der Waals surface area contributed by atoms with E-state index in [-0.39, 0.29) is 0 Å².